The maximum absolute atomic E-state index is 5.66. The third kappa shape index (κ3) is 5.62. The summed E-state index contributed by atoms with van der Waals surface area (Å²) in [7, 11) is 5.57. The number of ether oxygens (including phenoxy) is 2. The van der Waals surface area contributed by atoms with E-state index in [4.69, 9.17) is 21.7 Å². The van der Waals surface area contributed by atoms with Gasteiger partial charge in [0.05, 0.1) is 33.0 Å². The predicted molar refractivity (Wildman–Crippen MR) is 125 cm³/mol. The minimum atomic E-state index is 0.164. The van der Waals surface area contributed by atoms with Crippen molar-refractivity contribution in [1.29, 1.82) is 0 Å². The molecule has 2 aromatic rings. The number of anilines is 1. The van der Waals surface area contributed by atoms with Crippen molar-refractivity contribution >= 4 is 23.0 Å². The number of benzene rings is 2. The van der Waals surface area contributed by atoms with Gasteiger partial charge >= 0.3 is 0 Å². The standard InChI is InChI=1S/C23H32N4O2S/c1-17(24-23(30)25-20-16-19(28-3)10-11-21(20)29-4)22(18-8-6-5-7-9-18)27-14-12-26(2)13-15-27/h5-11,16-17,22H,12-15H2,1-4H3,(H2,24,25,30)/p+2/t17-,22-/m1/s1. The molecule has 3 rings (SSSR count). The summed E-state index contributed by atoms with van der Waals surface area (Å²) in [5, 5.41) is 7.38. The van der Waals surface area contributed by atoms with Crippen LogP contribution in [-0.2, 0) is 0 Å². The average molecular weight is 431 g/mol. The summed E-state index contributed by atoms with van der Waals surface area (Å²) >= 11 is 5.66. The summed E-state index contributed by atoms with van der Waals surface area (Å²) < 4.78 is 10.8. The lowest BCUT2D eigenvalue weighted by molar-refractivity contribution is -1.02. The molecule has 6 nitrogen and oxygen atoms in total. The summed E-state index contributed by atoms with van der Waals surface area (Å²) in [4.78, 5) is 3.21. The normalized spacial score (nSPS) is 20.7. The van der Waals surface area contributed by atoms with E-state index in [0.717, 1.165) is 30.3 Å². The first kappa shape index (κ1) is 22.3. The maximum Gasteiger partial charge on any atom is 0.171 e. The van der Waals surface area contributed by atoms with Crippen molar-refractivity contribution in [2.75, 3.05) is 52.8 Å². The highest BCUT2D eigenvalue weighted by Crippen LogP contribution is 2.28. The Morgan fingerprint density at radius 3 is 2.33 bits per heavy atom. The Morgan fingerprint density at radius 1 is 1.00 bits per heavy atom. The minimum absolute atomic E-state index is 0.164. The fraction of sp³-hybridized carbons (Fsp3) is 0.435. The van der Waals surface area contributed by atoms with Gasteiger partial charge in [0, 0.05) is 11.6 Å². The van der Waals surface area contributed by atoms with E-state index in [1.165, 1.54) is 18.7 Å². The molecule has 0 unspecified atom stereocenters. The molecule has 0 spiro atoms. The molecule has 0 aromatic heterocycles. The van der Waals surface area contributed by atoms with Gasteiger partial charge in [-0.2, -0.15) is 0 Å². The van der Waals surface area contributed by atoms with E-state index in [1.54, 1.807) is 24.0 Å². The molecule has 0 bridgehead atoms. The predicted octanol–water partition coefficient (Wildman–Crippen LogP) is 0.533. The van der Waals surface area contributed by atoms with Crippen LogP contribution in [0.3, 0.4) is 0 Å². The zero-order valence-electron chi connectivity index (χ0n) is 18.3. The third-order valence-electron chi connectivity index (χ3n) is 5.86. The van der Waals surface area contributed by atoms with E-state index in [2.05, 4.69) is 54.9 Å². The lowest BCUT2D eigenvalue weighted by Gasteiger charge is -2.37. The fourth-order valence-electron chi connectivity index (χ4n) is 4.21. The second-order valence-corrected chi connectivity index (χ2v) is 8.37. The molecule has 0 amide bonds. The molecule has 0 saturated carbocycles. The molecule has 0 radical (unpaired) electrons. The van der Waals surface area contributed by atoms with E-state index in [-0.39, 0.29) is 6.04 Å². The Labute approximate surface area is 185 Å². The molecule has 1 aliphatic rings. The van der Waals surface area contributed by atoms with Crippen LogP contribution in [0.2, 0.25) is 0 Å². The summed E-state index contributed by atoms with van der Waals surface area (Å²) in [6.45, 7) is 6.90. The van der Waals surface area contributed by atoms with Crippen LogP contribution in [0.1, 0.15) is 18.5 Å². The lowest BCUT2D eigenvalue weighted by Crippen LogP contribution is -3.27. The number of quaternary nitrogens is 2. The van der Waals surface area contributed by atoms with Crippen LogP contribution in [0.25, 0.3) is 0 Å². The topological polar surface area (TPSA) is 51.4 Å². The molecule has 4 N–H and O–H groups in total. The summed E-state index contributed by atoms with van der Waals surface area (Å²) in [5.41, 5.74) is 2.13. The van der Waals surface area contributed by atoms with Crippen molar-refractivity contribution in [3.05, 3.63) is 54.1 Å². The zero-order valence-corrected chi connectivity index (χ0v) is 19.1. The first-order valence-electron chi connectivity index (χ1n) is 10.5. The van der Waals surface area contributed by atoms with Gasteiger partial charge in [0.2, 0.25) is 0 Å². The van der Waals surface area contributed by atoms with Crippen molar-refractivity contribution in [1.82, 2.24) is 5.32 Å². The van der Waals surface area contributed by atoms with Crippen LogP contribution in [-0.4, -0.2) is 58.6 Å². The van der Waals surface area contributed by atoms with Crippen molar-refractivity contribution in [2.45, 2.75) is 19.0 Å². The van der Waals surface area contributed by atoms with E-state index in [1.807, 2.05) is 18.2 Å². The number of nitrogens with one attached hydrogen (secondary N) is 4. The Morgan fingerprint density at radius 2 is 1.70 bits per heavy atom. The number of rotatable bonds is 7. The van der Waals surface area contributed by atoms with Gasteiger partial charge in [0.25, 0.3) is 0 Å². The molecule has 0 aliphatic carbocycles. The van der Waals surface area contributed by atoms with Crippen LogP contribution in [0, 0.1) is 0 Å². The summed E-state index contributed by atoms with van der Waals surface area (Å²) in [5.74, 6) is 1.47. The minimum Gasteiger partial charge on any atom is -0.497 e. The smallest absolute Gasteiger partial charge is 0.171 e. The lowest BCUT2D eigenvalue weighted by atomic mass is 9.98. The van der Waals surface area contributed by atoms with Crippen LogP contribution >= 0.6 is 12.2 Å². The van der Waals surface area contributed by atoms with Gasteiger partial charge < -0.3 is 29.9 Å². The van der Waals surface area contributed by atoms with Gasteiger partial charge in [-0.3, -0.25) is 0 Å². The van der Waals surface area contributed by atoms with Gasteiger partial charge in [-0.05, 0) is 31.3 Å². The van der Waals surface area contributed by atoms with Gasteiger partial charge in [0.1, 0.15) is 43.7 Å². The highest BCUT2D eigenvalue weighted by atomic mass is 32.1. The molecule has 2 aromatic carbocycles. The molecule has 1 fully saturated rings. The number of piperazine rings is 1. The first-order valence-corrected chi connectivity index (χ1v) is 10.9. The Kier molecular flexibility index (Phi) is 7.90. The van der Waals surface area contributed by atoms with Gasteiger partial charge in [-0.15, -0.1) is 0 Å². The third-order valence-corrected chi connectivity index (χ3v) is 6.08. The number of hydrogen-bond donors (Lipinski definition) is 4. The van der Waals surface area contributed by atoms with Crippen molar-refractivity contribution in [2.24, 2.45) is 0 Å². The number of methoxy groups -OCH3 is 2. The van der Waals surface area contributed by atoms with E-state index < -0.39 is 0 Å². The quantitative estimate of drug-likeness (QED) is 0.483. The molecule has 30 heavy (non-hydrogen) atoms. The van der Waals surface area contributed by atoms with E-state index in [0.29, 0.717) is 11.2 Å². The van der Waals surface area contributed by atoms with Crippen molar-refractivity contribution < 1.29 is 19.3 Å². The highest BCUT2D eigenvalue weighted by Gasteiger charge is 2.33. The van der Waals surface area contributed by atoms with E-state index >= 15 is 0 Å². The van der Waals surface area contributed by atoms with Gasteiger partial charge in [-0.25, -0.2) is 0 Å². The molecule has 1 heterocycles. The van der Waals surface area contributed by atoms with Crippen molar-refractivity contribution in [3.63, 3.8) is 0 Å². The highest BCUT2D eigenvalue weighted by molar-refractivity contribution is 7.80. The fourth-order valence-corrected chi connectivity index (χ4v) is 4.50. The Bertz CT molecular complexity index is 825. The molecule has 1 aliphatic heterocycles. The van der Waals surface area contributed by atoms with Crippen LogP contribution in [0.4, 0.5) is 5.69 Å². The summed E-state index contributed by atoms with van der Waals surface area (Å²) in [6, 6.07) is 16.9. The Balaban J connectivity index is 1.74. The summed E-state index contributed by atoms with van der Waals surface area (Å²) in [6.07, 6.45) is 0. The molecule has 162 valence electrons. The van der Waals surface area contributed by atoms with Crippen molar-refractivity contribution in [3.8, 4) is 11.5 Å². The molecular formula is C23H34N4O2S+2. The molecule has 7 heteroatoms. The zero-order chi connectivity index (χ0) is 21.5. The molecular weight excluding hydrogens is 396 g/mol. The number of thiocarbonyl (C=S) groups is 1. The molecule has 1 saturated heterocycles. The van der Waals surface area contributed by atoms with Crippen LogP contribution in [0.5, 0.6) is 11.5 Å². The van der Waals surface area contributed by atoms with Gasteiger partial charge in [0.15, 0.2) is 5.11 Å². The SMILES string of the molecule is COc1ccc(OC)c(NC(=S)N[C@H](C)[C@H](c2ccccc2)[NH+]2CC[NH+](C)CC2)c1. The second kappa shape index (κ2) is 10.6. The number of hydrogen-bond acceptors (Lipinski definition) is 3. The monoisotopic (exact) mass is 430 g/mol. The maximum atomic E-state index is 5.66. The number of likely N-dealkylation sites (N-methyl/N-ethyl adjacent to an activating group) is 1. The first-order chi connectivity index (χ1) is 14.5. The Hall–Kier alpha value is -2.35. The second-order valence-electron chi connectivity index (χ2n) is 7.96. The van der Waals surface area contributed by atoms with E-state index in [9.17, 15) is 0 Å². The average Bonchev–Trinajstić information content (AvgIpc) is 2.76. The molecule has 2 atom stereocenters. The van der Waals surface area contributed by atoms with Crippen LogP contribution in [0.15, 0.2) is 48.5 Å². The largest absolute Gasteiger partial charge is 0.497 e. The van der Waals surface area contributed by atoms with Gasteiger partial charge in [-0.1, -0.05) is 30.3 Å². The van der Waals surface area contributed by atoms with Crippen LogP contribution < -0.4 is 29.9 Å².